The highest BCUT2D eigenvalue weighted by molar-refractivity contribution is 7.93. The lowest BCUT2D eigenvalue weighted by Crippen LogP contribution is -2.25. The van der Waals surface area contributed by atoms with Crippen LogP contribution in [0.4, 0.5) is 0 Å². The third kappa shape index (κ3) is 3.67. The second-order valence-electron chi connectivity index (χ2n) is 5.13. The van der Waals surface area contributed by atoms with Gasteiger partial charge < -0.3 is 0 Å². The van der Waals surface area contributed by atoms with Gasteiger partial charge in [-0.15, -0.1) is 0 Å². The van der Waals surface area contributed by atoms with Gasteiger partial charge in [0.25, 0.3) is 0 Å². The molecule has 0 aromatic heterocycles. The molecule has 1 saturated heterocycles. The molecule has 0 aromatic carbocycles. The summed E-state index contributed by atoms with van der Waals surface area (Å²) < 4.78 is 16.7. The molecule has 0 saturated carbocycles. The van der Waals surface area contributed by atoms with Gasteiger partial charge in [0.2, 0.25) is 0 Å². The molecule has 2 nitrogen and oxygen atoms in total. The van der Waals surface area contributed by atoms with Gasteiger partial charge in [0.15, 0.2) is 0 Å². The van der Waals surface area contributed by atoms with Gasteiger partial charge in [-0.1, -0.05) is 6.92 Å². The molecule has 0 aliphatic carbocycles. The summed E-state index contributed by atoms with van der Waals surface area (Å²) in [6.07, 6.45) is 2.16. The van der Waals surface area contributed by atoms with E-state index in [1.807, 2.05) is 20.8 Å². The summed E-state index contributed by atoms with van der Waals surface area (Å²) in [5.74, 6) is 2.36. The Labute approximate surface area is 82.3 Å². The van der Waals surface area contributed by atoms with E-state index in [-0.39, 0.29) is 5.54 Å². The Morgan fingerprint density at radius 1 is 1.23 bits per heavy atom. The number of nitrogens with zero attached hydrogens (tertiary/aromatic N) is 1. The van der Waals surface area contributed by atoms with E-state index in [0.29, 0.717) is 0 Å². The first-order chi connectivity index (χ1) is 5.81. The van der Waals surface area contributed by atoms with Crippen LogP contribution < -0.4 is 0 Å². The second-order valence-corrected chi connectivity index (χ2v) is 7.67. The average Bonchev–Trinajstić information content (AvgIpc) is 1.92. The summed E-state index contributed by atoms with van der Waals surface area (Å²) in [5, 5.41) is 0. The van der Waals surface area contributed by atoms with Crippen molar-refractivity contribution in [3.8, 4) is 0 Å². The van der Waals surface area contributed by atoms with Crippen molar-refractivity contribution in [2.75, 3.05) is 11.5 Å². The highest BCUT2D eigenvalue weighted by atomic mass is 32.2. The summed E-state index contributed by atoms with van der Waals surface area (Å²) in [5.41, 5.74) is -0.141. The largest absolute Gasteiger partial charge is 0.250 e. The maximum Gasteiger partial charge on any atom is 0.0618 e. The molecule has 1 fully saturated rings. The van der Waals surface area contributed by atoms with Crippen LogP contribution in [0.15, 0.2) is 4.36 Å². The van der Waals surface area contributed by atoms with Gasteiger partial charge in [-0.2, -0.15) is 0 Å². The molecular formula is C10H21NOS. The van der Waals surface area contributed by atoms with Crippen molar-refractivity contribution in [3.63, 3.8) is 0 Å². The van der Waals surface area contributed by atoms with Gasteiger partial charge in [0.1, 0.15) is 0 Å². The first-order valence-corrected chi connectivity index (χ1v) is 6.90. The summed E-state index contributed by atoms with van der Waals surface area (Å²) in [7, 11) is -1.86. The lowest BCUT2D eigenvalue weighted by atomic mass is 10.1. The minimum atomic E-state index is -1.86. The van der Waals surface area contributed by atoms with Crippen LogP contribution in [0, 0.1) is 5.92 Å². The van der Waals surface area contributed by atoms with Gasteiger partial charge in [0, 0.05) is 21.2 Å². The first-order valence-electron chi connectivity index (χ1n) is 5.04. The van der Waals surface area contributed by atoms with Crippen molar-refractivity contribution in [1.82, 2.24) is 0 Å². The Morgan fingerprint density at radius 3 is 2.08 bits per heavy atom. The SMILES string of the molecule is CC1CCS(=O)(=NC(C)(C)C)CC1. The van der Waals surface area contributed by atoms with Gasteiger partial charge >= 0.3 is 0 Å². The molecule has 78 valence electrons. The Balaban J connectivity index is 2.79. The van der Waals surface area contributed by atoms with Crippen molar-refractivity contribution in [2.24, 2.45) is 10.3 Å². The topological polar surface area (TPSA) is 29.4 Å². The van der Waals surface area contributed by atoms with Crippen LogP contribution in [0.3, 0.4) is 0 Å². The van der Waals surface area contributed by atoms with Crippen LogP contribution in [0.5, 0.6) is 0 Å². The zero-order valence-electron chi connectivity index (χ0n) is 9.17. The zero-order valence-corrected chi connectivity index (χ0v) is 9.99. The second kappa shape index (κ2) is 3.60. The fourth-order valence-corrected chi connectivity index (χ4v) is 4.53. The minimum Gasteiger partial charge on any atom is -0.250 e. The Bertz CT molecular complexity index is 268. The molecule has 0 spiro atoms. The van der Waals surface area contributed by atoms with Crippen LogP contribution in [0.1, 0.15) is 40.5 Å². The Hall–Kier alpha value is -0.0500. The van der Waals surface area contributed by atoms with Crippen molar-refractivity contribution < 1.29 is 4.21 Å². The zero-order chi connectivity index (χ0) is 10.1. The summed E-state index contributed by atoms with van der Waals surface area (Å²) in [6.45, 7) is 8.31. The van der Waals surface area contributed by atoms with Crippen LogP contribution >= 0.6 is 0 Å². The Kier molecular flexibility index (Phi) is 3.05. The fourth-order valence-electron chi connectivity index (χ4n) is 1.61. The van der Waals surface area contributed by atoms with Gasteiger partial charge in [-0.3, -0.25) is 0 Å². The monoisotopic (exact) mass is 203 g/mol. The molecule has 1 heterocycles. The van der Waals surface area contributed by atoms with Crippen LogP contribution in [0.2, 0.25) is 0 Å². The molecule has 13 heavy (non-hydrogen) atoms. The lowest BCUT2D eigenvalue weighted by Gasteiger charge is -2.24. The number of hydrogen-bond acceptors (Lipinski definition) is 2. The van der Waals surface area contributed by atoms with E-state index in [1.54, 1.807) is 0 Å². The number of hydrogen-bond donors (Lipinski definition) is 0. The molecule has 1 rings (SSSR count). The third-order valence-corrected chi connectivity index (χ3v) is 4.93. The van der Waals surface area contributed by atoms with E-state index in [4.69, 9.17) is 0 Å². The lowest BCUT2D eigenvalue weighted by molar-refractivity contribution is 0.515. The average molecular weight is 203 g/mol. The predicted molar refractivity (Wildman–Crippen MR) is 58.5 cm³/mol. The molecular weight excluding hydrogens is 182 g/mol. The Morgan fingerprint density at radius 2 is 1.69 bits per heavy atom. The van der Waals surface area contributed by atoms with Crippen LogP contribution in [-0.4, -0.2) is 21.3 Å². The van der Waals surface area contributed by atoms with E-state index in [1.165, 1.54) is 0 Å². The van der Waals surface area contributed by atoms with E-state index in [0.717, 1.165) is 30.3 Å². The molecule has 0 unspecified atom stereocenters. The quantitative estimate of drug-likeness (QED) is 0.595. The van der Waals surface area contributed by atoms with Gasteiger partial charge in [-0.25, -0.2) is 8.57 Å². The normalized spacial score (nSPS) is 35.8. The standard InChI is InChI=1S/C10H21NOS/c1-9-5-7-13(12,8-6-9)11-10(2,3)4/h9H,5-8H2,1-4H3. The van der Waals surface area contributed by atoms with Crippen molar-refractivity contribution in [2.45, 2.75) is 46.1 Å². The van der Waals surface area contributed by atoms with Crippen molar-refractivity contribution in [1.29, 1.82) is 0 Å². The maximum atomic E-state index is 12.2. The minimum absolute atomic E-state index is 0.141. The molecule has 0 N–H and O–H groups in total. The molecule has 0 radical (unpaired) electrons. The van der Waals surface area contributed by atoms with Crippen LogP contribution in [-0.2, 0) is 9.73 Å². The first kappa shape index (κ1) is 11.0. The molecule has 0 bridgehead atoms. The summed E-state index contributed by atoms with van der Waals surface area (Å²) in [6, 6.07) is 0. The van der Waals surface area contributed by atoms with E-state index < -0.39 is 9.73 Å². The smallest absolute Gasteiger partial charge is 0.0618 e. The predicted octanol–water partition coefficient (Wildman–Crippen LogP) is 2.68. The van der Waals surface area contributed by atoms with E-state index >= 15 is 0 Å². The molecule has 0 amide bonds. The molecule has 1 aliphatic rings. The number of rotatable bonds is 0. The maximum absolute atomic E-state index is 12.2. The summed E-state index contributed by atoms with van der Waals surface area (Å²) >= 11 is 0. The van der Waals surface area contributed by atoms with Gasteiger partial charge in [0.05, 0.1) is 5.54 Å². The van der Waals surface area contributed by atoms with Crippen molar-refractivity contribution >= 4 is 9.73 Å². The molecule has 1 aliphatic heterocycles. The van der Waals surface area contributed by atoms with E-state index in [2.05, 4.69) is 11.3 Å². The molecule has 0 aromatic rings. The summed E-state index contributed by atoms with van der Waals surface area (Å²) in [4.78, 5) is 0. The molecule has 3 heteroatoms. The van der Waals surface area contributed by atoms with Crippen LogP contribution in [0.25, 0.3) is 0 Å². The fraction of sp³-hybridized carbons (Fsp3) is 1.00. The highest BCUT2D eigenvalue weighted by Gasteiger charge is 2.22. The van der Waals surface area contributed by atoms with Gasteiger partial charge in [-0.05, 0) is 39.5 Å². The third-order valence-electron chi connectivity index (χ3n) is 2.30. The molecule has 0 atom stereocenters. The highest BCUT2D eigenvalue weighted by Crippen LogP contribution is 2.22. The van der Waals surface area contributed by atoms with Crippen molar-refractivity contribution in [3.05, 3.63) is 0 Å². The van der Waals surface area contributed by atoms with E-state index in [9.17, 15) is 4.21 Å².